The minimum absolute atomic E-state index is 0.00325. The van der Waals surface area contributed by atoms with Crippen LogP contribution in [0, 0.1) is 6.92 Å². The Morgan fingerprint density at radius 2 is 1.73 bits per heavy atom. The van der Waals surface area contributed by atoms with Crippen molar-refractivity contribution < 1.29 is 19.8 Å². The Hall–Kier alpha value is -3.93. The molecule has 2 aromatic carbocycles. The van der Waals surface area contributed by atoms with Gasteiger partial charge in [0.05, 0.1) is 11.6 Å². The Morgan fingerprint density at radius 1 is 1.03 bits per heavy atom. The lowest BCUT2D eigenvalue weighted by Gasteiger charge is -2.25. The summed E-state index contributed by atoms with van der Waals surface area (Å²) in [6.45, 7) is 2.09. The van der Waals surface area contributed by atoms with Crippen molar-refractivity contribution in [1.82, 2.24) is 9.88 Å². The summed E-state index contributed by atoms with van der Waals surface area (Å²) in [6.07, 6.45) is 3.23. The largest absolute Gasteiger partial charge is 0.508 e. The minimum atomic E-state index is -0.827. The number of carbonyl (C=O) groups excluding carboxylic acids is 2. The number of aliphatic hydroxyl groups excluding tert-OH is 1. The summed E-state index contributed by atoms with van der Waals surface area (Å²) >= 11 is 0. The fraction of sp³-hybridized carbons (Fsp3) is 0.125. The van der Waals surface area contributed by atoms with E-state index in [1.54, 1.807) is 48.8 Å². The SMILES string of the molecule is Cc1ccc(/C(O)=C2/C(=O)C(=O)N(Cc3ccncc3)C2c2cccc(O)c2)cc1. The van der Waals surface area contributed by atoms with Gasteiger partial charge < -0.3 is 15.1 Å². The zero-order chi connectivity index (χ0) is 21.3. The number of likely N-dealkylation sites (tertiary alicyclic amines) is 1. The van der Waals surface area contributed by atoms with Gasteiger partial charge in [-0.25, -0.2) is 0 Å². The molecule has 0 bridgehead atoms. The van der Waals surface area contributed by atoms with Gasteiger partial charge in [0.25, 0.3) is 11.7 Å². The number of hydrogen-bond donors (Lipinski definition) is 2. The average molecular weight is 400 g/mol. The zero-order valence-corrected chi connectivity index (χ0v) is 16.3. The molecule has 0 aliphatic carbocycles. The maximum absolute atomic E-state index is 13.0. The van der Waals surface area contributed by atoms with Crippen molar-refractivity contribution in [1.29, 1.82) is 0 Å². The predicted octanol–water partition coefficient (Wildman–Crippen LogP) is 3.72. The van der Waals surface area contributed by atoms with Gasteiger partial charge in [-0.3, -0.25) is 14.6 Å². The van der Waals surface area contributed by atoms with E-state index in [4.69, 9.17) is 0 Å². The molecule has 3 aromatic rings. The van der Waals surface area contributed by atoms with Gasteiger partial charge in [-0.05, 0) is 42.3 Å². The standard InChI is InChI=1S/C24H20N2O4/c1-15-5-7-17(8-6-15)22(28)20-21(18-3-2-4-19(27)13-18)26(24(30)23(20)29)14-16-9-11-25-12-10-16/h2-13,21,27-28H,14H2,1H3/b22-20-. The number of aromatic nitrogens is 1. The second-order valence-electron chi connectivity index (χ2n) is 7.24. The van der Waals surface area contributed by atoms with Crippen molar-refractivity contribution in [3.05, 3.63) is 101 Å². The molecular weight excluding hydrogens is 380 g/mol. The molecule has 0 radical (unpaired) electrons. The van der Waals surface area contributed by atoms with E-state index in [2.05, 4.69) is 4.98 Å². The number of aromatic hydroxyl groups is 1. The highest BCUT2D eigenvalue weighted by Crippen LogP contribution is 2.40. The van der Waals surface area contributed by atoms with Crippen molar-refractivity contribution in [2.24, 2.45) is 0 Å². The zero-order valence-electron chi connectivity index (χ0n) is 16.3. The van der Waals surface area contributed by atoms with Gasteiger partial charge in [-0.2, -0.15) is 0 Å². The first-order chi connectivity index (χ1) is 14.5. The van der Waals surface area contributed by atoms with Crippen LogP contribution in [-0.4, -0.2) is 31.8 Å². The van der Waals surface area contributed by atoms with E-state index in [1.807, 2.05) is 19.1 Å². The van der Waals surface area contributed by atoms with Crippen LogP contribution in [0.1, 0.15) is 28.3 Å². The number of ketones is 1. The number of hydrogen-bond acceptors (Lipinski definition) is 5. The van der Waals surface area contributed by atoms with Crippen LogP contribution < -0.4 is 0 Å². The predicted molar refractivity (Wildman–Crippen MR) is 111 cm³/mol. The first kappa shape index (κ1) is 19.4. The van der Waals surface area contributed by atoms with Gasteiger partial charge in [-0.15, -0.1) is 0 Å². The van der Waals surface area contributed by atoms with Crippen LogP contribution in [0.25, 0.3) is 5.76 Å². The molecule has 1 aliphatic heterocycles. The average Bonchev–Trinajstić information content (AvgIpc) is 2.99. The first-order valence-electron chi connectivity index (χ1n) is 9.49. The van der Waals surface area contributed by atoms with E-state index in [9.17, 15) is 19.8 Å². The molecule has 1 fully saturated rings. The van der Waals surface area contributed by atoms with Gasteiger partial charge in [0, 0.05) is 24.5 Å². The molecule has 1 atom stereocenters. The molecule has 1 amide bonds. The van der Waals surface area contributed by atoms with Gasteiger partial charge in [-0.1, -0.05) is 42.0 Å². The van der Waals surface area contributed by atoms with Gasteiger partial charge >= 0.3 is 0 Å². The van der Waals surface area contributed by atoms with E-state index in [1.165, 1.54) is 17.0 Å². The molecule has 1 saturated heterocycles. The molecule has 2 N–H and O–H groups in total. The molecule has 1 aliphatic rings. The molecule has 2 heterocycles. The lowest BCUT2D eigenvalue weighted by Crippen LogP contribution is -2.29. The summed E-state index contributed by atoms with van der Waals surface area (Å²) < 4.78 is 0. The monoisotopic (exact) mass is 400 g/mol. The van der Waals surface area contributed by atoms with Crippen molar-refractivity contribution in [3.63, 3.8) is 0 Å². The number of amides is 1. The van der Waals surface area contributed by atoms with E-state index >= 15 is 0 Å². The summed E-state index contributed by atoms with van der Waals surface area (Å²) in [5.74, 6) is -1.68. The van der Waals surface area contributed by atoms with Crippen LogP contribution in [0.3, 0.4) is 0 Å². The highest BCUT2D eigenvalue weighted by Gasteiger charge is 2.46. The minimum Gasteiger partial charge on any atom is -0.508 e. The van der Waals surface area contributed by atoms with Crippen molar-refractivity contribution in [2.75, 3.05) is 0 Å². The number of phenols is 1. The third-order valence-corrected chi connectivity index (χ3v) is 5.15. The molecule has 0 spiro atoms. The van der Waals surface area contributed by atoms with Gasteiger partial charge in [0.15, 0.2) is 0 Å². The Kier molecular flexibility index (Phi) is 5.06. The fourth-order valence-corrected chi connectivity index (χ4v) is 3.64. The number of phenolic OH excluding ortho intramolecular Hbond substituents is 1. The highest BCUT2D eigenvalue weighted by atomic mass is 16.3. The molecule has 6 heteroatoms. The number of benzene rings is 2. The maximum atomic E-state index is 13.0. The third kappa shape index (κ3) is 3.55. The first-order valence-corrected chi connectivity index (χ1v) is 9.49. The summed E-state index contributed by atoms with van der Waals surface area (Å²) in [7, 11) is 0. The highest BCUT2D eigenvalue weighted by molar-refractivity contribution is 6.46. The molecule has 30 heavy (non-hydrogen) atoms. The molecule has 0 saturated carbocycles. The number of rotatable bonds is 4. The normalized spacial score (nSPS) is 18.0. The van der Waals surface area contributed by atoms with Crippen LogP contribution in [0.4, 0.5) is 0 Å². The van der Waals surface area contributed by atoms with Crippen LogP contribution in [0.5, 0.6) is 5.75 Å². The molecular formula is C24H20N2O4. The number of nitrogens with zero attached hydrogens (tertiary/aromatic N) is 2. The summed E-state index contributed by atoms with van der Waals surface area (Å²) in [5, 5.41) is 21.0. The van der Waals surface area contributed by atoms with Crippen LogP contribution in [-0.2, 0) is 16.1 Å². The Morgan fingerprint density at radius 3 is 2.40 bits per heavy atom. The maximum Gasteiger partial charge on any atom is 0.295 e. The molecule has 1 aromatic heterocycles. The van der Waals surface area contributed by atoms with Crippen LogP contribution in [0.15, 0.2) is 78.6 Å². The molecule has 4 rings (SSSR count). The Bertz CT molecular complexity index is 1140. The summed E-state index contributed by atoms with van der Waals surface area (Å²) in [4.78, 5) is 31.3. The summed E-state index contributed by atoms with van der Waals surface area (Å²) in [6, 6.07) is 16.1. The second-order valence-corrected chi connectivity index (χ2v) is 7.24. The Labute approximate surface area is 173 Å². The number of aliphatic hydroxyl groups is 1. The third-order valence-electron chi connectivity index (χ3n) is 5.15. The second kappa shape index (κ2) is 7.83. The van der Waals surface area contributed by atoms with Gasteiger partial charge in [0.2, 0.25) is 0 Å². The quantitative estimate of drug-likeness (QED) is 0.396. The summed E-state index contributed by atoms with van der Waals surface area (Å²) in [5.41, 5.74) is 2.80. The molecule has 150 valence electrons. The molecule has 1 unspecified atom stereocenters. The van der Waals surface area contributed by atoms with Crippen molar-refractivity contribution in [2.45, 2.75) is 19.5 Å². The van der Waals surface area contributed by atoms with Crippen molar-refractivity contribution in [3.8, 4) is 5.75 Å². The van der Waals surface area contributed by atoms with E-state index in [-0.39, 0.29) is 23.6 Å². The van der Waals surface area contributed by atoms with E-state index < -0.39 is 17.7 Å². The number of carbonyl (C=O) groups is 2. The fourth-order valence-electron chi connectivity index (χ4n) is 3.64. The number of aryl methyl sites for hydroxylation is 1. The lowest BCUT2D eigenvalue weighted by molar-refractivity contribution is -0.140. The van der Waals surface area contributed by atoms with E-state index in [0.717, 1.165) is 11.1 Å². The van der Waals surface area contributed by atoms with Crippen LogP contribution >= 0.6 is 0 Å². The topological polar surface area (TPSA) is 90.7 Å². The number of pyridine rings is 1. The van der Waals surface area contributed by atoms with Crippen molar-refractivity contribution >= 4 is 17.4 Å². The smallest absolute Gasteiger partial charge is 0.295 e. The molecule has 6 nitrogen and oxygen atoms in total. The van der Waals surface area contributed by atoms with E-state index in [0.29, 0.717) is 11.1 Å². The van der Waals surface area contributed by atoms with Gasteiger partial charge in [0.1, 0.15) is 11.5 Å². The lowest BCUT2D eigenvalue weighted by atomic mass is 9.95. The van der Waals surface area contributed by atoms with Crippen LogP contribution in [0.2, 0.25) is 0 Å². The number of Topliss-reactive ketones (excluding diaryl/α,β-unsaturated/α-hetero) is 1. The Balaban J connectivity index is 1.87.